The monoisotopic (exact) mass is 249 g/mol. The van der Waals surface area contributed by atoms with Crippen molar-refractivity contribution in [3.8, 4) is 0 Å². The molecule has 1 atom stereocenters. The quantitative estimate of drug-likeness (QED) is 0.805. The van der Waals surface area contributed by atoms with Crippen molar-refractivity contribution >= 4 is 5.82 Å². The molecule has 18 heavy (non-hydrogen) atoms. The van der Waals surface area contributed by atoms with Gasteiger partial charge in [-0.05, 0) is 33.1 Å². The second-order valence-electron chi connectivity index (χ2n) is 4.83. The van der Waals surface area contributed by atoms with Crippen LogP contribution in [0.5, 0.6) is 0 Å². The Morgan fingerprint density at radius 3 is 2.78 bits per heavy atom. The molecule has 4 heteroatoms. The average Bonchev–Trinajstić information content (AvgIpc) is 3.20. The Balaban J connectivity index is 2.18. The molecule has 1 aromatic rings. The number of nitrogens with zero attached hydrogens (tertiary/aromatic N) is 2. The molecule has 1 aliphatic carbocycles. The highest BCUT2D eigenvalue weighted by molar-refractivity contribution is 5.38. The lowest BCUT2D eigenvalue weighted by atomic mass is 10.2. The first-order valence-electron chi connectivity index (χ1n) is 6.99. The van der Waals surface area contributed by atoms with Gasteiger partial charge in [-0.15, -0.1) is 0 Å². The van der Waals surface area contributed by atoms with Crippen LogP contribution >= 0.6 is 0 Å². The molecule has 1 saturated carbocycles. The van der Waals surface area contributed by atoms with E-state index in [2.05, 4.69) is 28.3 Å². The first kappa shape index (κ1) is 13.3. The number of anilines is 1. The summed E-state index contributed by atoms with van der Waals surface area (Å²) < 4.78 is 5.59. The second-order valence-corrected chi connectivity index (χ2v) is 4.83. The van der Waals surface area contributed by atoms with Crippen LogP contribution in [0.15, 0.2) is 6.07 Å². The van der Waals surface area contributed by atoms with Crippen molar-refractivity contribution in [1.29, 1.82) is 0 Å². The van der Waals surface area contributed by atoms with Crippen LogP contribution in [-0.2, 0) is 4.74 Å². The summed E-state index contributed by atoms with van der Waals surface area (Å²) in [7, 11) is 0. The summed E-state index contributed by atoms with van der Waals surface area (Å²) in [5.74, 6) is 2.39. The van der Waals surface area contributed by atoms with E-state index in [0.717, 1.165) is 24.6 Å². The molecule has 0 radical (unpaired) electrons. The van der Waals surface area contributed by atoms with E-state index in [1.807, 2.05) is 13.8 Å². The minimum absolute atomic E-state index is 0.0316. The van der Waals surface area contributed by atoms with E-state index in [-0.39, 0.29) is 6.10 Å². The molecule has 0 aromatic carbocycles. The number of hydrogen-bond donors (Lipinski definition) is 1. The van der Waals surface area contributed by atoms with Crippen LogP contribution in [0.2, 0.25) is 0 Å². The zero-order valence-electron chi connectivity index (χ0n) is 11.6. The van der Waals surface area contributed by atoms with Crippen LogP contribution in [0, 0.1) is 0 Å². The summed E-state index contributed by atoms with van der Waals surface area (Å²) in [5.41, 5.74) is 1.17. The van der Waals surface area contributed by atoms with E-state index in [0.29, 0.717) is 12.5 Å². The van der Waals surface area contributed by atoms with Gasteiger partial charge < -0.3 is 10.1 Å². The summed E-state index contributed by atoms with van der Waals surface area (Å²) >= 11 is 0. The first-order valence-corrected chi connectivity index (χ1v) is 6.99. The number of rotatable bonds is 7. The van der Waals surface area contributed by atoms with Crippen LogP contribution in [0.25, 0.3) is 0 Å². The Hall–Kier alpha value is -1.16. The molecule has 1 aromatic heterocycles. The topological polar surface area (TPSA) is 47.0 Å². The molecule has 4 nitrogen and oxygen atoms in total. The molecule has 100 valence electrons. The van der Waals surface area contributed by atoms with E-state index in [1.54, 1.807) is 0 Å². The van der Waals surface area contributed by atoms with Crippen molar-refractivity contribution in [1.82, 2.24) is 9.97 Å². The molecular weight excluding hydrogens is 226 g/mol. The molecule has 2 rings (SSSR count). The summed E-state index contributed by atoms with van der Waals surface area (Å²) in [6, 6.07) is 2.09. The Bertz CT molecular complexity index is 391. The van der Waals surface area contributed by atoms with Crippen LogP contribution < -0.4 is 5.32 Å². The van der Waals surface area contributed by atoms with Crippen molar-refractivity contribution in [2.75, 3.05) is 18.5 Å². The van der Waals surface area contributed by atoms with Crippen LogP contribution in [0.3, 0.4) is 0 Å². The predicted octanol–water partition coefficient (Wildman–Crippen LogP) is 3.27. The Morgan fingerprint density at radius 2 is 2.17 bits per heavy atom. The fourth-order valence-electron chi connectivity index (χ4n) is 1.92. The highest BCUT2D eigenvalue weighted by Crippen LogP contribution is 2.39. The third-order valence-corrected chi connectivity index (χ3v) is 3.10. The third kappa shape index (κ3) is 3.42. The van der Waals surface area contributed by atoms with Gasteiger partial charge in [0.25, 0.3) is 0 Å². The number of hydrogen-bond acceptors (Lipinski definition) is 4. The Kier molecular flexibility index (Phi) is 4.53. The summed E-state index contributed by atoms with van der Waals surface area (Å²) in [6.07, 6.45) is 3.58. The van der Waals surface area contributed by atoms with E-state index < -0.39 is 0 Å². The maximum absolute atomic E-state index is 5.59. The van der Waals surface area contributed by atoms with Gasteiger partial charge in [-0.25, -0.2) is 9.97 Å². The van der Waals surface area contributed by atoms with Crippen molar-refractivity contribution in [3.63, 3.8) is 0 Å². The first-order chi connectivity index (χ1) is 8.74. The lowest BCUT2D eigenvalue weighted by Gasteiger charge is -2.14. The minimum atomic E-state index is -0.0316. The van der Waals surface area contributed by atoms with Gasteiger partial charge >= 0.3 is 0 Å². The minimum Gasteiger partial charge on any atom is -0.371 e. The maximum Gasteiger partial charge on any atom is 0.159 e. The molecule has 1 unspecified atom stereocenters. The van der Waals surface area contributed by atoms with Gasteiger partial charge in [0.15, 0.2) is 5.82 Å². The van der Waals surface area contributed by atoms with Gasteiger partial charge in [-0.2, -0.15) is 0 Å². The molecule has 0 aliphatic heterocycles. The maximum atomic E-state index is 5.59. The summed E-state index contributed by atoms with van der Waals surface area (Å²) in [5, 5.41) is 3.35. The summed E-state index contributed by atoms with van der Waals surface area (Å²) in [4.78, 5) is 9.20. The van der Waals surface area contributed by atoms with Crippen molar-refractivity contribution in [2.24, 2.45) is 0 Å². The van der Waals surface area contributed by atoms with E-state index in [9.17, 15) is 0 Å². The molecule has 1 fully saturated rings. The molecule has 1 aliphatic rings. The smallest absolute Gasteiger partial charge is 0.159 e. The fraction of sp³-hybridized carbons (Fsp3) is 0.714. The third-order valence-electron chi connectivity index (χ3n) is 3.10. The molecule has 1 N–H and O–H groups in total. The lowest BCUT2D eigenvalue weighted by molar-refractivity contribution is 0.0700. The average molecular weight is 249 g/mol. The highest BCUT2D eigenvalue weighted by atomic mass is 16.5. The van der Waals surface area contributed by atoms with Gasteiger partial charge in [0.2, 0.25) is 0 Å². The lowest BCUT2D eigenvalue weighted by Crippen LogP contribution is -2.10. The fourth-order valence-corrected chi connectivity index (χ4v) is 1.92. The molecule has 0 spiro atoms. The predicted molar refractivity (Wildman–Crippen MR) is 72.8 cm³/mol. The molecular formula is C14H23N3O. The van der Waals surface area contributed by atoms with Crippen LogP contribution in [0.4, 0.5) is 5.82 Å². The molecule has 0 saturated heterocycles. The van der Waals surface area contributed by atoms with Gasteiger partial charge in [0.05, 0.1) is 0 Å². The Morgan fingerprint density at radius 1 is 1.39 bits per heavy atom. The van der Waals surface area contributed by atoms with E-state index in [4.69, 9.17) is 4.74 Å². The normalized spacial score (nSPS) is 16.6. The van der Waals surface area contributed by atoms with Gasteiger partial charge in [0, 0.05) is 30.8 Å². The van der Waals surface area contributed by atoms with Crippen molar-refractivity contribution < 1.29 is 4.74 Å². The van der Waals surface area contributed by atoms with Gasteiger partial charge in [0.1, 0.15) is 11.9 Å². The SMILES string of the molecule is CCCNc1cc(C2CC2)nc(C(C)OCC)n1. The number of aromatic nitrogens is 2. The highest BCUT2D eigenvalue weighted by Gasteiger charge is 2.26. The van der Waals surface area contributed by atoms with Gasteiger partial charge in [-0.3, -0.25) is 0 Å². The number of ether oxygens (including phenoxy) is 1. The van der Waals surface area contributed by atoms with Crippen molar-refractivity contribution in [2.45, 2.75) is 52.1 Å². The standard InChI is InChI=1S/C14H23N3O/c1-4-8-15-13-9-12(11-6-7-11)16-14(17-13)10(3)18-5-2/h9-11H,4-8H2,1-3H3,(H,15,16,17). The van der Waals surface area contributed by atoms with Crippen LogP contribution in [0.1, 0.15) is 63.6 Å². The molecule has 1 heterocycles. The molecule has 0 amide bonds. The van der Waals surface area contributed by atoms with E-state index >= 15 is 0 Å². The van der Waals surface area contributed by atoms with Crippen molar-refractivity contribution in [3.05, 3.63) is 17.6 Å². The van der Waals surface area contributed by atoms with Crippen LogP contribution in [-0.4, -0.2) is 23.1 Å². The summed E-state index contributed by atoms with van der Waals surface area (Å²) in [6.45, 7) is 7.80. The zero-order chi connectivity index (χ0) is 13.0. The zero-order valence-corrected chi connectivity index (χ0v) is 11.6. The van der Waals surface area contributed by atoms with E-state index in [1.165, 1.54) is 18.5 Å². The molecule has 0 bridgehead atoms. The largest absolute Gasteiger partial charge is 0.371 e. The van der Waals surface area contributed by atoms with Gasteiger partial charge in [-0.1, -0.05) is 6.92 Å². The number of nitrogens with one attached hydrogen (secondary N) is 1. The Labute approximate surface area is 109 Å². The second kappa shape index (κ2) is 6.14.